The molecule has 0 saturated heterocycles. The van der Waals surface area contributed by atoms with E-state index in [0.29, 0.717) is 25.4 Å². The maximum absolute atomic E-state index is 12.4. The molecule has 1 heterocycles. The van der Waals surface area contributed by atoms with E-state index in [-0.39, 0.29) is 12.5 Å². The van der Waals surface area contributed by atoms with Crippen molar-refractivity contribution in [3.63, 3.8) is 0 Å². The lowest BCUT2D eigenvalue weighted by molar-refractivity contribution is -0.131. The van der Waals surface area contributed by atoms with E-state index in [9.17, 15) is 4.79 Å². The summed E-state index contributed by atoms with van der Waals surface area (Å²) < 4.78 is 0. The first-order valence-electron chi connectivity index (χ1n) is 7.56. The molecule has 0 bridgehead atoms. The maximum Gasteiger partial charge on any atom is 0.227 e. The minimum absolute atomic E-state index is 0.0113. The van der Waals surface area contributed by atoms with Gasteiger partial charge < -0.3 is 15.0 Å². The number of carbonyl (C=O) groups excluding carboxylic acids is 1. The smallest absolute Gasteiger partial charge is 0.227 e. The van der Waals surface area contributed by atoms with Crippen LogP contribution < -0.4 is 0 Å². The minimum atomic E-state index is -0.0568. The van der Waals surface area contributed by atoms with Crippen LogP contribution in [0.3, 0.4) is 0 Å². The molecule has 2 rings (SSSR count). The summed E-state index contributed by atoms with van der Waals surface area (Å²) in [4.78, 5) is 21.1. The van der Waals surface area contributed by atoms with Crippen molar-refractivity contribution in [1.29, 1.82) is 0 Å². The van der Waals surface area contributed by atoms with Crippen LogP contribution in [-0.4, -0.2) is 39.0 Å². The zero-order valence-electron chi connectivity index (χ0n) is 13.1. The van der Waals surface area contributed by atoms with Gasteiger partial charge in [0.2, 0.25) is 5.91 Å². The topological polar surface area (TPSA) is 69.2 Å². The molecule has 0 unspecified atom stereocenters. The Labute approximate surface area is 131 Å². The Balaban J connectivity index is 2.00. The van der Waals surface area contributed by atoms with Gasteiger partial charge in [-0.1, -0.05) is 38.1 Å². The van der Waals surface area contributed by atoms with Crippen molar-refractivity contribution in [2.45, 2.75) is 32.7 Å². The largest absolute Gasteiger partial charge is 0.395 e. The molecule has 1 amide bonds. The van der Waals surface area contributed by atoms with Crippen LogP contribution in [0, 0.1) is 0 Å². The molecular formula is C17H23N3O2. The van der Waals surface area contributed by atoms with E-state index >= 15 is 0 Å². The van der Waals surface area contributed by atoms with Crippen LogP contribution in [0.4, 0.5) is 0 Å². The van der Waals surface area contributed by atoms with E-state index < -0.39 is 0 Å². The number of nitrogens with one attached hydrogen (secondary N) is 1. The molecule has 1 aromatic carbocycles. The van der Waals surface area contributed by atoms with Gasteiger partial charge in [-0.15, -0.1) is 0 Å². The Kier molecular flexibility index (Phi) is 5.72. The van der Waals surface area contributed by atoms with E-state index in [1.54, 1.807) is 17.3 Å². The number of rotatable bonds is 7. The molecule has 118 valence electrons. The molecule has 5 nitrogen and oxygen atoms in total. The van der Waals surface area contributed by atoms with Gasteiger partial charge in [-0.3, -0.25) is 4.79 Å². The second kappa shape index (κ2) is 7.75. The molecule has 5 heteroatoms. The first-order chi connectivity index (χ1) is 10.6. The van der Waals surface area contributed by atoms with Crippen molar-refractivity contribution in [2.75, 3.05) is 13.2 Å². The van der Waals surface area contributed by atoms with Crippen LogP contribution in [0.2, 0.25) is 0 Å². The molecule has 0 saturated carbocycles. The first-order valence-corrected chi connectivity index (χ1v) is 7.56. The van der Waals surface area contributed by atoms with Crippen molar-refractivity contribution in [1.82, 2.24) is 14.9 Å². The summed E-state index contributed by atoms with van der Waals surface area (Å²) in [5, 5.41) is 9.15. The molecule has 0 spiro atoms. The van der Waals surface area contributed by atoms with Gasteiger partial charge in [0.05, 0.1) is 19.6 Å². The summed E-state index contributed by atoms with van der Waals surface area (Å²) in [5.41, 5.74) is 2.25. The number of aliphatic hydroxyl groups is 1. The van der Waals surface area contributed by atoms with Crippen LogP contribution in [0.1, 0.15) is 36.7 Å². The summed E-state index contributed by atoms with van der Waals surface area (Å²) in [5.74, 6) is 1.19. The van der Waals surface area contributed by atoms with E-state index in [0.717, 1.165) is 11.4 Å². The summed E-state index contributed by atoms with van der Waals surface area (Å²) in [6, 6.07) is 8.13. The van der Waals surface area contributed by atoms with Crippen LogP contribution in [0.15, 0.2) is 36.7 Å². The number of carbonyl (C=O) groups is 1. The number of imidazole rings is 1. The van der Waals surface area contributed by atoms with Crippen LogP contribution in [-0.2, 0) is 17.8 Å². The average molecular weight is 301 g/mol. The number of benzene rings is 1. The minimum Gasteiger partial charge on any atom is -0.395 e. The van der Waals surface area contributed by atoms with Crippen LogP contribution in [0.5, 0.6) is 0 Å². The van der Waals surface area contributed by atoms with Gasteiger partial charge in [-0.05, 0) is 17.0 Å². The van der Waals surface area contributed by atoms with Gasteiger partial charge in [0, 0.05) is 18.9 Å². The highest BCUT2D eigenvalue weighted by Gasteiger charge is 2.15. The molecule has 0 aliphatic carbocycles. The van der Waals surface area contributed by atoms with Crippen LogP contribution in [0.25, 0.3) is 0 Å². The fourth-order valence-electron chi connectivity index (χ4n) is 2.28. The fourth-order valence-corrected chi connectivity index (χ4v) is 2.28. The van der Waals surface area contributed by atoms with Gasteiger partial charge >= 0.3 is 0 Å². The number of H-pyrrole nitrogens is 1. The average Bonchev–Trinajstić information content (AvgIpc) is 3.00. The Morgan fingerprint density at radius 2 is 2.05 bits per heavy atom. The van der Waals surface area contributed by atoms with Gasteiger partial charge in [0.25, 0.3) is 0 Å². The number of hydrogen-bond acceptors (Lipinski definition) is 3. The fraction of sp³-hybridized carbons (Fsp3) is 0.412. The number of nitrogens with zero attached hydrogens (tertiary/aromatic N) is 2. The third-order valence-corrected chi connectivity index (χ3v) is 3.62. The number of aromatic nitrogens is 2. The van der Waals surface area contributed by atoms with Gasteiger partial charge in [0.15, 0.2) is 0 Å². The van der Waals surface area contributed by atoms with E-state index in [2.05, 4.69) is 35.9 Å². The molecule has 0 aliphatic heterocycles. The number of amides is 1. The van der Waals surface area contributed by atoms with Crippen molar-refractivity contribution < 1.29 is 9.90 Å². The van der Waals surface area contributed by atoms with Gasteiger partial charge in [-0.25, -0.2) is 4.98 Å². The van der Waals surface area contributed by atoms with Crippen LogP contribution >= 0.6 is 0 Å². The SMILES string of the molecule is CC(C)c1ccc(CC(=O)N(CCO)Cc2ncc[nH]2)cc1. The molecule has 2 N–H and O–H groups in total. The number of aliphatic hydroxyl groups excluding tert-OH is 1. The zero-order valence-corrected chi connectivity index (χ0v) is 13.1. The summed E-state index contributed by atoms with van der Waals surface area (Å²) >= 11 is 0. The third kappa shape index (κ3) is 4.43. The number of hydrogen-bond donors (Lipinski definition) is 2. The quantitative estimate of drug-likeness (QED) is 0.823. The highest BCUT2D eigenvalue weighted by atomic mass is 16.3. The second-order valence-corrected chi connectivity index (χ2v) is 5.65. The highest BCUT2D eigenvalue weighted by molar-refractivity contribution is 5.78. The monoisotopic (exact) mass is 301 g/mol. The lowest BCUT2D eigenvalue weighted by atomic mass is 10.0. The Morgan fingerprint density at radius 1 is 1.32 bits per heavy atom. The number of aromatic amines is 1. The Morgan fingerprint density at radius 3 is 2.59 bits per heavy atom. The predicted molar refractivity (Wildman–Crippen MR) is 85.3 cm³/mol. The molecule has 0 atom stereocenters. The lowest BCUT2D eigenvalue weighted by Crippen LogP contribution is -2.34. The first kappa shape index (κ1) is 16.2. The summed E-state index contributed by atoms with van der Waals surface area (Å²) in [7, 11) is 0. The molecule has 0 radical (unpaired) electrons. The molecule has 0 aliphatic rings. The molecular weight excluding hydrogens is 278 g/mol. The van der Waals surface area contributed by atoms with Gasteiger partial charge in [-0.2, -0.15) is 0 Å². The van der Waals surface area contributed by atoms with E-state index in [1.165, 1.54) is 5.56 Å². The Hall–Kier alpha value is -2.14. The van der Waals surface area contributed by atoms with Crippen molar-refractivity contribution >= 4 is 5.91 Å². The van der Waals surface area contributed by atoms with Crippen molar-refractivity contribution in [3.05, 3.63) is 53.6 Å². The predicted octanol–water partition coefficient (Wildman–Crippen LogP) is 2.10. The highest BCUT2D eigenvalue weighted by Crippen LogP contribution is 2.15. The normalized spacial score (nSPS) is 10.9. The van der Waals surface area contributed by atoms with Crippen molar-refractivity contribution in [3.8, 4) is 0 Å². The maximum atomic E-state index is 12.4. The Bertz CT molecular complexity index is 576. The molecule has 1 aromatic heterocycles. The molecule has 2 aromatic rings. The lowest BCUT2D eigenvalue weighted by Gasteiger charge is -2.20. The van der Waals surface area contributed by atoms with E-state index in [1.807, 2.05) is 12.1 Å². The standard InChI is InChI=1S/C17H23N3O2/c1-13(2)15-5-3-14(4-6-15)11-17(22)20(9-10-21)12-16-18-7-8-19-16/h3-8,13,21H,9-12H2,1-2H3,(H,18,19). The molecule has 22 heavy (non-hydrogen) atoms. The third-order valence-electron chi connectivity index (χ3n) is 3.62. The zero-order chi connectivity index (χ0) is 15.9. The summed E-state index contributed by atoms with van der Waals surface area (Å²) in [6.45, 7) is 4.93. The van der Waals surface area contributed by atoms with Crippen molar-refractivity contribution in [2.24, 2.45) is 0 Å². The van der Waals surface area contributed by atoms with Gasteiger partial charge in [0.1, 0.15) is 5.82 Å². The summed E-state index contributed by atoms with van der Waals surface area (Å²) in [6.07, 6.45) is 3.71. The van der Waals surface area contributed by atoms with E-state index in [4.69, 9.17) is 5.11 Å². The second-order valence-electron chi connectivity index (χ2n) is 5.65. The molecule has 0 fully saturated rings.